The third-order valence-corrected chi connectivity index (χ3v) is 12.8. The Bertz CT molecular complexity index is 1510. The molecule has 334 valence electrons. The molecule has 0 aromatic heterocycles. The van der Waals surface area contributed by atoms with Crippen molar-refractivity contribution in [3.8, 4) is 0 Å². The van der Waals surface area contributed by atoms with Gasteiger partial charge in [-0.05, 0) is 99.0 Å². The van der Waals surface area contributed by atoms with E-state index in [0.29, 0.717) is 38.5 Å². The second-order valence-electron chi connectivity index (χ2n) is 17.5. The summed E-state index contributed by atoms with van der Waals surface area (Å²) in [6, 6.07) is 0. The number of carbonyl (C=O) groups excluding carboxylic acids is 4. The predicted molar refractivity (Wildman–Crippen MR) is 216 cm³/mol. The van der Waals surface area contributed by atoms with Gasteiger partial charge in [0.05, 0.1) is 42.4 Å². The van der Waals surface area contributed by atoms with Crippen LogP contribution in [0.15, 0.2) is 47.6 Å². The molecule has 0 radical (unpaired) electrons. The summed E-state index contributed by atoms with van der Waals surface area (Å²) in [5.41, 5.74) is 2.15. The normalized spacial score (nSPS) is 29.3. The van der Waals surface area contributed by atoms with Gasteiger partial charge < -0.3 is 54.8 Å². The van der Waals surface area contributed by atoms with Crippen molar-refractivity contribution < 1.29 is 124 Å². The van der Waals surface area contributed by atoms with E-state index in [1.807, 2.05) is 39.8 Å². The average Bonchev–Trinajstić information content (AvgIpc) is 3.16. The second-order valence-corrected chi connectivity index (χ2v) is 17.5. The number of aliphatic carboxylic acids is 2. The molecule has 0 heterocycles. The summed E-state index contributed by atoms with van der Waals surface area (Å²) in [6.07, 6.45) is 12.0. The van der Waals surface area contributed by atoms with E-state index in [1.54, 1.807) is 0 Å². The van der Waals surface area contributed by atoms with Crippen LogP contribution in [0.25, 0.3) is 0 Å². The molecule has 0 amide bonds. The Hall–Kier alpha value is -1.36. The molecule has 0 spiro atoms. The number of aliphatic hydroxyl groups excluding tert-OH is 5. The van der Waals surface area contributed by atoms with Crippen LogP contribution in [-0.4, -0.2) is 92.1 Å². The molecule has 61 heavy (non-hydrogen) atoms. The fraction of sp³-hybridized carbons (Fsp3) is 0.739. The maximum atomic E-state index is 12.4. The van der Waals surface area contributed by atoms with Crippen molar-refractivity contribution >= 4 is 23.9 Å². The number of hydrogen-bond donors (Lipinski definition) is 5. The van der Waals surface area contributed by atoms with Crippen LogP contribution >= 0.6 is 0 Å². The van der Waals surface area contributed by atoms with Gasteiger partial charge in [0.2, 0.25) is 0 Å². The Balaban J connectivity index is 0.000000591. The van der Waals surface area contributed by atoms with Crippen LogP contribution in [0.1, 0.15) is 125 Å². The summed E-state index contributed by atoms with van der Waals surface area (Å²) >= 11 is 0. The first-order valence-corrected chi connectivity index (χ1v) is 21.8. The van der Waals surface area contributed by atoms with Crippen molar-refractivity contribution in [2.45, 2.75) is 168 Å². The molecule has 0 saturated carbocycles. The fourth-order valence-electron chi connectivity index (χ4n) is 8.99. The predicted octanol–water partition coefficient (Wildman–Crippen LogP) is -2.75. The van der Waals surface area contributed by atoms with Crippen LogP contribution in [0, 0.1) is 47.3 Å². The summed E-state index contributed by atoms with van der Waals surface area (Å²) in [4.78, 5) is 46.0. The molecule has 0 aromatic carbocycles. The Labute approximate surface area is 407 Å². The van der Waals surface area contributed by atoms with Gasteiger partial charge in [0.25, 0.3) is 0 Å². The van der Waals surface area contributed by atoms with Crippen LogP contribution in [0.3, 0.4) is 0 Å². The van der Waals surface area contributed by atoms with E-state index in [-0.39, 0.29) is 137 Å². The van der Waals surface area contributed by atoms with E-state index in [0.717, 1.165) is 24.8 Å². The van der Waals surface area contributed by atoms with Crippen LogP contribution < -0.4 is 69.3 Å². The van der Waals surface area contributed by atoms with Gasteiger partial charge in [-0.3, -0.25) is 9.59 Å². The summed E-state index contributed by atoms with van der Waals surface area (Å²) in [6.45, 7) is 11.8. The summed E-state index contributed by atoms with van der Waals surface area (Å²) in [5, 5.41) is 71.4. The molecule has 0 aromatic rings. The minimum Gasteiger partial charge on any atom is -0.550 e. The fourth-order valence-corrected chi connectivity index (χ4v) is 8.99. The third-order valence-electron chi connectivity index (χ3n) is 12.8. The van der Waals surface area contributed by atoms with Crippen LogP contribution in [0.5, 0.6) is 0 Å². The van der Waals surface area contributed by atoms with Gasteiger partial charge in [-0.1, -0.05) is 78.0 Å². The molecule has 15 heteroatoms. The van der Waals surface area contributed by atoms with Crippen molar-refractivity contribution in [2.24, 2.45) is 47.3 Å². The zero-order valence-corrected chi connectivity index (χ0v) is 41.8. The topological polar surface area (TPSA) is 234 Å². The van der Waals surface area contributed by atoms with Crippen LogP contribution in [0.2, 0.25) is 0 Å². The zero-order chi connectivity index (χ0) is 44.0. The number of aliphatic hydroxyl groups is 5. The van der Waals surface area contributed by atoms with Crippen molar-refractivity contribution in [2.75, 3.05) is 0 Å². The Morgan fingerprint density at radius 3 is 1.57 bits per heavy atom. The SMILES string of the molecule is CC[C@H](C)C(=O)O[C@H]1CCC=C2C=C[C@H](C)[C@H](CC[C@@H](O)C[C@@H](O)CC(=O)[O-])[C@H]21.CC[C@H](C)C(=O)O[C@H]1C[C@H](O)C=C2C=C[C@H](C)[C@H](CC[C@@H](O)C[C@@H](O)CC(=O)[O-])[C@H]21.[Na+].[Na+]. The van der Waals surface area contributed by atoms with E-state index in [1.165, 1.54) is 5.57 Å². The molecule has 13 nitrogen and oxygen atoms in total. The molecule has 0 bridgehead atoms. The van der Waals surface area contributed by atoms with Crippen molar-refractivity contribution in [3.05, 3.63) is 47.6 Å². The number of carboxylic acid groups (broad SMARTS) is 2. The first-order chi connectivity index (χ1) is 27.8. The molecule has 0 aliphatic heterocycles. The largest absolute Gasteiger partial charge is 1.00 e. The van der Waals surface area contributed by atoms with Gasteiger partial charge in [-0.15, -0.1) is 0 Å². The molecule has 5 N–H and O–H groups in total. The Morgan fingerprint density at radius 1 is 0.705 bits per heavy atom. The van der Waals surface area contributed by atoms with Gasteiger partial charge in [0, 0.05) is 43.0 Å². The van der Waals surface area contributed by atoms with Gasteiger partial charge in [-0.2, -0.15) is 0 Å². The van der Waals surface area contributed by atoms with Gasteiger partial charge >= 0.3 is 71.1 Å². The van der Waals surface area contributed by atoms with E-state index < -0.39 is 61.4 Å². The smallest absolute Gasteiger partial charge is 0.550 e. The number of rotatable bonds is 20. The Kier molecular flexibility index (Phi) is 27.0. The van der Waals surface area contributed by atoms with Gasteiger partial charge in [-0.25, -0.2) is 0 Å². The molecule has 4 aliphatic rings. The van der Waals surface area contributed by atoms with E-state index in [2.05, 4.69) is 38.2 Å². The molecular formula is C46H70Na2O13. The number of carboxylic acids is 2. The quantitative estimate of drug-likeness (QED) is 0.0618. The van der Waals surface area contributed by atoms with E-state index in [9.17, 15) is 54.9 Å². The maximum Gasteiger partial charge on any atom is 1.00 e. The van der Waals surface area contributed by atoms with Crippen molar-refractivity contribution in [1.82, 2.24) is 0 Å². The van der Waals surface area contributed by atoms with Crippen molar-refractivity contribution in [3.63, 3.8) is 0 Å². The monoisotopic (exact) mass is 876 g/mol. The first kappa shape index (κ1) is 57.7. The number of ether oxygens (including phenoxy) is 2. The van der Waals surface area contributed by atoms with Gasteiger partial charge in [0.15, 0.2) is 0 Å². The molecule has 0 saturated heterocycles. The molecular weight excluding hydrogens is 806 g/mol. The summed E-state index contributed by atoms with van der Waals surface area (Å²) < 4.78 is 11.7. The number of esters is 2. The Morgan fingerprint density at radius 2 is 1.13 bits per heavy atom. The van der Waals surface area contributed by atoms with E-state index in [4.69, 9.17) is 9.47 Å². The summed E-state index contributed by atoms with van der Waals surface area (Å²) in [7, 11) is 0. The second kappa shape index (κ2) is 28.5. The molecule has 0 unspecified atom stereocenters. The molecule has 15 atom stereocenters. The third kappa shape index (κ3) is 18.6. The minimum atomic E-state index is -1.35. The average molecular weight is 877 g/mol. The zero-order valence-electron chi connectivity index (χ0n) is 37.8. The van der Waals surface area contributed by atoms with Crippen molar-refractivity contribution in [1.29, 1.82) is 0 Å². The number of allylic oxidation sites excluding steroid dienone is 5. The number of carbonyl (C=O) groups is 4. The minimum absolute atomic E-state index is 0. The standard InChI is InChI=1S/C23H36O7.C23H36O6.2Na/c1-4-13(2)23(29)30-20-11-17(25)9-15-6-5-14(3)19(22(15)20)8-7-16(24)10-18(26)12-21(27)28;1-4-14(2)23(28)29-20-7-5-6-16-9-8-15(3)19(22(16)20)11-10-17(24)12-18(25)13-21(26)27;;/h5-6,9,13-14,16-20,22,24-26H,4,7-8,10-12H2,1-3H3,(H,27,28);6,8-9,14-15,17-20,22,24-25H,4-5,7,10-13H2,1-3H3,(H,26,27);;/q;;2*+1/p-2/t13-,14-,16+,17+,18+,19-,20-,22-;14-,15-,17+,18+,19-,20-,22-;;/m00../s1. The van der Waals surface area contributed by atoms with E-state index >= 15 is 0 Å². The van der Waals surface area contributed by atoms with Crippen LogP contribution in [0.4, 0.5) is 0 Å². The molecule has 4 rings (SSSR count). The first-order valence-electron chi connectivity index (χ1n) is 21.8. The maximum absolute atomic E-state index is 12.4. The number of fused-ring (bicyclic) bond motifs is 2. The molecule has 0 fully saturated rings. The van der Waals surface area contributed by atoms with Crippen LogP contribution in [-0.2, 0) is 28.7 Å². The number of hydrogen-bond acceptors (Lipinski definition) is 13. The molecule has 4 aliphatic carbocycles. The van der Waals surface area contributed by atoms with Gasteiger partial charge in [0.1, 0.15) is 12.2 Å². The summed E-state index contributed by atoms with van der Waals surface area (Å²) in [5.74, 6) is -2.59.